The fourth-order valence-electron chi connectivity index (χ4n) is 3.95. The van der Waals surface area contributed by atoms with Gasteiger partial charge in [-0.25, -0.2) is 9.48 Å². The number of rotatable bonds is 9. The molecule has 5 rings (SSSR count). The van der Waals surface area contributed by atoms with Crippen LogP contribution in [0.15, 0.2) is 94.3 Å². The molecule has 0 spiro atoms. The Morgan fingerprint density at radius 2 is 1.82 bits per heavy atom. The van der Waals surface area contributed by atoms with Gasteiger partial charge >= 0.3 is 5.63 Å². The average Bonchev–Trinajstić information content (AvgIpc) is 3.43. The number of methoxy groups -OCH3 is 2. The van der Waals surface area contributed by atoms with Gasteiger partial charge in [-0.15, -0.1) is 5.10 Å². The molecule has 38 heavy (non-hydrogen) atoms. The van der Waals surface area contributed by atoms with Gasteiger partial charge < -0.3 is 18.6 Å². The maximum absolute atomic E-state index is 12.9. The number of allylic oxidation sites excluding steroid dienone is 1. The number of benzene rings is 3. The summed E-state index contributed by atoms with van der Waals surface area (Å²) in [5.74, 6) is 1.35. The van der Waals surface area contributed by atoms with E-state index in [1.165, 1.54) is 12.1 Å². The van der Waals surface area contributed by atoms with Crippen LogP contribution in [-0.4, -0.2) is 35.0 Å². The molecule has 0 unspecified atom stereocenters. The van der Waals surface area contributed by atoms with Crippen LogP contribution in [0.2, 0.25) is 0 Å². The number of para-hydroxylation sites is 2. The number of fused-ring (bicyclic) bond motifs is 1. The Morgan fingerprint density at radius 1 is 0.974 bits per heavy atom. The zero-order chi connectivity index (χ0) is 26.5. The first-order valence-electron chi connectivity index (χ1n) is 11.7. The molecule has 2 heterocycles. The largest absolute Gasteiger partial charge is 0.493 e. The molecule has 3 aromatic carbocycles. The third-order valence-electron chi connectivity index (χ3n) is 5.77. The van der Waals surface area contributed by atoms with E-state index in [-0.39, 0.29) is 12.4 Å². The molecule has 0 N–H and O–H groups in total. The van der Waals surface area contributed by atoms with Crippen LogP contribution >= 0.6 is 0 Å². The minimum Gasteiger partial charge on any atom is -0.493 e. The van der Waals surface area contributed by atoms with Crippen molar-refractivity contribution in [1.82, 2.24) is 15.0 Å². The SMILES string of the molecule is COc1cccc(/C=C/C(=O)c2cccc(-n3cc(COc4cc(=O)oc5ccccc45)nn3)c2)c1OC. The first-order valence-corrected chi connectivity index (χ1v) is 11.7. The van der Waals surface area contributed by atoms with Crippen LogP contribution in [0.3, 0.4) is 0 Å². The molecule has 0 atom stereocenters. The lowest BCUT2D eigenvalue weighted by Crippen LogP contribution is -2.02. The minimum atomic E-state index is -0.497. The van der Waals surface area contributed by atoms with Crippen LogP contribution < -0.4 is 19.8 Å². The van der Waals surface area contributed by atoms with Crippen LogP contribution in [-0.2, 0) is 6.61 Å². The van der Waals surface area contributed by atoms with Crippen molar-refractivity contribution in [2.75, 3.05) is 14.2 Å². The summed E-state index contributed by atoms with van der Waals surface area (Å²) in [6.45, 7) is 0.0944. The quantitative estimate of drug-likeness (QED) is 0.157. The molecular weight excluding hydrogens is 486 g/mol. The van der Waals surface area contributed by atoms with E-state index in [4.69, 9.17) is 18.6 Å². The van der Waals surface area contributed by atoms with Gasteiger partial charge in [-0.2, -0.15) is 0 Å². The number of carbonyl (C=O) groups excluding carboxylic acids is 1. The number of hydrogen-bond acceptors (Lipinski definition) is 8. The minimum absolute atomic E-state index is 0.0944. The Kier molecular flexibility index (Phi) is 6.99. The molecule has 9 heteroatoms. The Morgan fingerprint density at radius 3 is 2.66 bits per heavy atom. The number of ether oxygens (including phenoxy) is 3. The van der Waals surface area contributed by atoms with Crippen LogP contribution in [0, 0.1) is 0 Å². The Hall–Kier alpha value is -5.18. The van der Waals surface area contributed by atoms with E-state index in [1.54, 1.807) is 67.6 Å². The van der Waals surface area contributed by atoms with E-state index in [9.17, 15) is 9.59 Å². The molecule has 2 aromatic heterocycles. The number of ketones is 1. The molecule has 0 saturated carbocycles. The van der Waals surface area contributed by atoms with Gasteiger partial charge in [-0.05, 0) is 42.5 Å². The lowest BCUT2D eigenvalue weighted by atomic mass is 10.1. The molecule has 5 aromatic rings. The van der Waals surface area contributed by atoms with Crippen molar-refractivity contribution in [3.63, 3.8) is 0 Å². The van der Waals surface area contributed by atoms with Crippen LogP contribution in [0.5, 0.6) is 17.2 Å². The van der Waals surface area contributed by atoms with Gasteiger partial charge in [0.15, 0.2) is 17.3 Å². The second-order valence-corrected chi connectivity index (χ2v) is 8.20. The van der Waals surface area contributed by atoms with Crippen LogP contribution in [0.4, 0.5) is 0 Å². The molecule has 0 fully saturated rings. The molecule has 0 aliphatic rings. The molecular formula is C29H23N3O6. The van der Waals surface area contributed by atoms with E-state index in [2.05, 4.69) is 10.3 Å². The molecule has 190 valence electrons. The molecule has 0 radical (unpaired) electrons. The van der Waals surface area contributed by atoms with E-state index in [1.807, 2.05) is 30.3 Å². The summed E-state index contributed by atoms with van der Waals surface area (Å²) >= 11 is 0. The van der Waals surface area contributed by atoms with Crippen molar-refractivity contribution in [3.05, 3.63) is 112 Å². The monoisotopic (exact) mass is 509 g/mol. The molecule has 0 aliphatic carbocycles. The predicted octanol–water partition coefficient (Wildman–Crippen LogP) is 4.87. The van der Waals surface area contributed by atoms with Gasteiger partial charge in [-0.3, -0.25) is 4.79 Å². The van der Waals surface area contributed by atoms with Gasteiger partial charge in [0, 0.05) is 11.1 Å². The maximum Gasteiger partial charge on any atom is 0.339 e. The highest BCUT2D eigenvalue weighted by Crippen LogP contribution is 2.31. The topological polar surface area (TPSA) is 106 Å². The van der Waals surface area contributed by atoms with Crippen molar-refractivity contribution in [2.24, 2.45) is 0 Å². The first-order chi connectivity index (χ1) is 18.6. The zero-order valence-electron chi connectivity index (χ0n) is 20.7. The molecule has 9 nitrogen and oxygen atoms in total. The molecule has 0 saturated heterocycles. The van der Waals surface area contributed by atoms with Crippen LogP contribution in [0.1, 0.15) is 21.6 Å². The van der Waals surface area contributed by atoms with Crippen molar-refractivity contribution in [3.8, 4) is 22.9 Å². The van der Waals surface area contributed by atoms with Crippen LogP contribution in [0.25, 0.3) is 22.7 Å². The van der Waals surface area contributed by atoms with Gasteiger partial charge in [0.2, 0.25) is 0 Å². The fraction of sp³-hybridized carbons (Fsp3) is 0.103. The Bertz CT molecular complexity index is 1700. The lowest BCUT2D eigenvalue weighted by Gasteiger charge is -2.09. The van der Waals surface area contributed by atoms with Gasteiger partial charge in [0.1, 0.15) is 23.6 Å². The summed E-state index contributed by atoms with van der Waals surface area (Å²) in [4.78, 5) is 24.8. The number of aromatic nitrogens is 3. The highest BCUT2D eigenvalue weighted by atomic mass is 16.5. The summed E-state index contributed by atoms with van der Waals surface area (Å²) in [6, 6.07) is 20.9. The summed E-state index contributed by atoms with van der Waals surface area (Å²) in [6.07, 6.45) is 4.88. The lowest BCUT2D eigenvalue weighted by molar-refractivity contribution is 0.104. The smallest absolute Gasteiger partial charge is 0.339 e. The van der Waals surface area contributed by atoms with E-state index in [0.717, 1.165) is 5.56 Å². The summed E-state index contributed by atoms with van der Waals surface area (Å²) in [7, 11) is 3.11. The average molecular weight is 510 g/mol. The van der Waals surface area contributed by atoms with E-state index >= 15 is 0 Å². The van der Waals surface area contributed by atoms with Crippen molar-refractivity contribution in [2.45, 2.75) is 6.61 Å². The molecule has 0 amide bonds. The molecule has 0 aliphatic heterocycles. The third kappa shape index (κ3) is 5.17. The second kappa shape index (κ2) is 10.8. The number of nitrogens with zero attached hydrogens (tertiary/aromatic N) is 3. The normalized spacial score (nSPS) is 11.1. The van der Waals surface area contributed by atoms with Gasteiger partial charge in [0.25, 0.3) is 0 Å². The summed E-state index contributed by atoms with van der Waals surface area (Å²) < 4.78 is 23.3. The Labute approximate surface area is 217 Å². The Balaban J connectivity index is 1.31. The van der Waals surface area contributed by atoms with Crippen molar-refractivity contribution >= 4 is 22.8 Å². The molecule has 0 bridgehead atoms. The van der Waals surface area contributed by atoms with Gasteiger partial charge in [-0.1, -0.05) is 41.6 Å². The maximum atomic E-state index is 12.9. The summed E-state index contributed by atoms with van der Waals surface area (Å²) in [5.41, 5.74) is 2.36. The third-order valence-corrected chi connectivity index (χ3v) is 5.77. The second-order valence-electron chi connectivity index (χ2n) is 8.20. The first kappa shape index (κ1) is 24.5. The zero-order valence-corrected chi connectivity index (χ0v) is 20.7. The number of hydrogen-bond donors (Lipinski definition) is 0. The predicted molar refractivity (Wildman–Crippen MR) is 141 cm³/mol. The van der Waals surface area contributed by atoms with Crippen molar-refractivity contribution < 1.29 is 23.4 Å². The highest BCUT2D eigenvalue weighted by Gasteiger charge is 2.11. The standard InChI is InChI=1S/C29H23N3O6/c1-35-26-12-6-7-19(29(26)36-2)13-14-24(33)20-8-5-9-22(15-20)32-17-21(30-31-32)18-37-27-16-28(34)38-25-11-4-3-10-23(25)27/h3-17H,18H2,1-2H3/b14-13+. The summed E-state index contributed by atoms with van der Waals surface area (Å²) in [5, 5.41) is 9.00. The van der Waals surface area contributed by atoms with E-state index < -0.39 is 5.63 Å². The van der Waals surface area contributed by atoms with Gasteiger partial charge in [0.05, 0.1) is 37.6 Å². The highest BCUT2D eigenvalue weighted by molar-refractivity contribution is 6.07. The van der Waals surface area contributed by atoms with E-state index in [0.29, 0.717) is 45.2 Å². The fourth-order valence-corrected chi connectivity index (χ4v) is 3.95. The number of carbonyl (C=O) groups is 1. The van der Waals surface area contributed by atoms with Crippen molar-refractivity contribution in [1.29, 1.82) is 0 Å².